The Morgan fingerprint density at radius 2 is 1.79 bits per heavy atom. The second kappa shape index (κ2) is 11.9. The molecule has 0 bridgehead atoms. The average Bonchev–Trinajstić information content (AvgIpc) is 2.72. The number of rotatable bonds is 6. The summed E-state index contributed by atoms with van der Waals surface area (Å²) >= 11 is 0. The van der Waals surface area contributed by atoms with E-state index in [0.29, 0.717) is 13.1 Å². The van der Waals surface area contributed by atoms with E-state index in [1.165, 1.54) is 23.4 Å². The van der Waals surface area contributed by atoms with Crippen molar-refractivity contribution >= 4 is 35.6 Å². The number of halogens is 2. The first-order valence-electron chi connectivity index (χ1n) is 9.43. The number of morpholine rings is 1. The lowest BCUT2D eigenvalue weighted by atomic mass is 10.1. The largest absolute Gasteiger partial charge is 0.378 e. The van der Waals surface area contributed by atoms with Gasteiger partial charge in [0.05, 0.1) is 19.8 Å². The Morgan fingerprint density at radius 1 is 1.07 bits per heavy atom. The van der Waals surface area contributed by atoms with Gasteiger partial charge < -0.3 is 20.3 Å². The molecule has 2 N–H and O–H groups in total. The molecule has 1 aliphatic rings. The minimum Gasteiger partial charge on any atom is -0.378 e. The van der Waals surface area contributed by atoms with Crippen LogP contribution in [0, 0.1) is 5.82 Å². The van der Waals surface area contributed by atoms with Gasteiger partial charge in [0.15, 0.2) is 5.96 Å². The van der Waals surface area contributed by atoms with Crippen molar-refractivity contribution in [2.75, 3.05) is 37.7 Å². The maximum absolute atomic E-state index is 13.0. The lowest BCUT2D eigenvalue weighted by Crippen LogP contribution is -2.39. The number of nitrogens with one attached hydrogen (secondary N) is 2. The number of benzene rings is 2. The number of para-hydroxylation sites is 1. The third kappa shape index (κ3) is 6.63. The lowest BCUT2D eigenvalue weighted by molar-refractivity contribution is 0.122. The number of hydrogen-bond donors (Lipinski definition) is 2. The fourth-order valence-electron chi connectivity index (χ4n) is 3.05. The minimum absolute atomic E-state index is 0. The number of anilines is 1. The molecular formula is C21H28FIN4O. The van der Waals surface area contributed by atoms with Gasteiger partial charge in [-0.25, -0.2) is 9.38 Å². The number of guanidine groups is 1. The zero-order valence-corrected chi connectivity index (χ0v) is 18.5. The monoisotopic (exact) mass is 498 g/mol. The Kier molecular flexibility index (Phi) is 9.49. The van der Waals surface area contributed by atoms with Gasteiger partial charge >= 0.3 is 0 Å². The first-order chi connectivity index (χ1) is 13.3. The van der Waals surface area contributed by atoms with Crippen molar-refractivity contribution in [1.82, 2.24) is 10.6 Å². The Balaban J connectivity index is 0.00000280. The summed E-state index contributed by atoms with van der Waals surface area (Å²) in [6.07, 6.45) is 0. The molecule has 7 heteroatoms. The number of hydrogen-bond acceptors (Lipinski definition) is 3. The molecule has 0 atom stereocenters. The Labute approximate surface area is 183 Å². The predicted octanol–water partition coefficient (Wildman–Crippen LogP) is 3.54. The highest BCUT2D eigenvalue weighted by Crippen LogP contribution is 2.21. The standard InChI is InChI=1S/C21H27FN4O.HI/c1-2-23-21(24-15-17-7-9-19(22)10-8-17)25-16-18-5-3-4-6-20(18)26-11-13-27-14-12-26;/h3-10H,2,11-16H2,1H3,(H2,23,24,25);1H. The lowest BCUT2D eigenvalue weighted by Gasteiger charge is -2.30. The first kappa shape index (κ1) is 22.4. The second-order valence-corrected chi connectivity index (χ2v) is 6.40. The van der Waals surface area contributed by atoms with E-state index in [1.54, 1.807) is 12.1 Å². The summed E-state index contributed by atoms with van der Waals surface area (Å²) in [5.74, 6) is 0.520. The summed E-state index contributed by atoms with van der Waals surface area (Å²) in [5, 5.41) is 6.67. The number of aliphatic imine (C=N–C) groups is 1. The normalized spacial score (nSPS) is 14.4. The summed E-state index contributed by atoms with van der Waals surface area (Å²) in [6.45, 7) is 7.36. The average molecular weight is 498 g/mol. The van der Waals surface area contributed by atoms with E-state index in [9.17, 15) is 4.39 Å². The molecule has 28 heavy (non-hydrogen) atoms. The summed E-state index contributed by atoms with van der Waals surface area (Å²) in [4.78, 5) is 6.97. The van der Waals surface area contributed by atoms with Crippen molar-refractivity contribution in [3.8, 4) is 0 Å². The molecule has 0 spiro atoms. The van der Waals surface area contributed by atoms with E-state index < -0.39 is 0 Å². The Morgan fingerprint density at radius 3 is 2.50 bits per heavy atom. The van der Waals surface area contributed by atoms with Crippen LogP contribution >= 0.6 is 24.0 Å². The van der Waals surface area contributed by atoms with Crippen molar-refractivity contribution in [1.29, 1.82) is 0 Å². The molecule has 0 radical (unpaired) electrons. The fourth-order valence-corrected chi connectivity index (χ4v) is 3.05. The molecule has 0 saturated carbocycles. The summed E-state index contributed by atoms with van der Waals surface area (Å²) in [5.41, 5.74) is 3.44. The maximum atomic E-state index is 13.0. The molecule has 1 aliphatic heterocycles. The van der Waals surface area contributed by atoms with Crippen LogP contribution in [0.4, 0.5) is 10.1 Å². The van der Waals surface area contributed by atoms with E-state index in [0.717, 1.165) is 44.4 Å². The van der Waals surface area contributed by atoms with Crippen molar-refractivity contribution in [2.24, 2.45) is 4.99 Å². The molecule has 1 fully saturated rings. The maximum Gasteiger partial charge on any atom is 0.191 e. The highest BCUT2D eigenvalue weighted by atomic mass is 127. The van der Waals surface area contributed by atoms with Gasteiger partial charge in [0.25, 0.3) is 0 Å². The van der Waals surface area contributed by atoms with Crippen molar-refractivity contribution < 1.29 is 9.13 Å². The van der Waals surface area contributed by atoms with Crippen LogP contribution in [0.3, 0.4) is 0 Å². The molecule has 0 unspecified atom stereocenters. The van der Waals surface area contributed by atoms with Crippen LogP contribution in [-0.4, -0.2) is 38.8 Å². The van der Waals surface area contributed by atoms with Crippen LogP contribution < -0.4 is 15.5 Å². The predicted molar refractivity (Wildman–Crippen MR) is 123 cm³/mol. The summed E-state index contributed by atoms with van der Waals surface area (Å²) in [7, 11) is 0. The molecule has 152 valence electrons. The number of ether oxygens (including phenoxy) is 1. The molecule has 0 aromatic heterocycles. The summed E-state index contributed by atoms with van der Waals surface area (Å²) < 4.78 is 18.5. The van der Waals surface area contributed by atoms with Gasteiger partial charge in [-0.05, 0) is 36.2 Å². The van der Waals surface area contributed by atoms with E-state index in [2.05, 4.69) is 44.8 Å². The van der Waals surface area contributed by atoms with Crippen LogP contribution in [-0.2, 0) is 17.8 Å². The van der Waals surface area contributed by atoms with Gasteiger partial charge in [0, 0.05) is 31.9 Å². The van der Waals surface area contributed by atoms with E-state index in [1.807, 2.05) is 6.92 Å². The third-order valence-electron chi connectivity index (χ3n) is 4.47. The third-order valence-corrected chi connectivity index (χ3v) is 4.47. The van der Waals surface area contributed by atoms with Crippen LogP contribution in [0.15, 0.2) is 53.5 Å². The first-order valence-corrected chi connectivity index (χ1v) is 9.43. The molecule has 0 aliphatic carbocycles. The van der Waals surface area contributed by atoms with Crippen molar-refractivity contribution in [3.63, 3.8) is 0 Å². The highest BCUT2D eigenvalue weighted by Gasteiger charge is 2.14. The molecule has 1 heterocycles. The molecular weight excluding hydrogens is 470 g/mol. The number of nitrogens with zero attached hydrogens (tertiary/aromatic N) is 2. The van der Waals surface area contributed by atoms with Crippen LogP contribution in [0.1, 0.15) is 18.1 Å². The van der Waals surface area contributed by atoms with Crippen molar-refractivity contribution in [2.45, 2.75) is 20.0 Å². The van der Waals surface area contributed by atoms with Gasteiger partial charge in [-0.3, -0.25) is 0 Å². The van der Waals surface area contributed by atoms with Gasteiger partial charge in [0.1, 0.15) is 5.82 Å². The van der Waals surface area contributed by atoms with E-state index >= 15 is 0 Å². The smallest absolute Gasteiger partial charge is 0.191 e. The summed E-state index contributed by atoms with van der Waals surface area (Å²) in [6, 6.07) is 14.9. The zero-order chi connectivity index (χ0) is 18.9. The van der Waals surface area contributed by atoms with Crippen LogP contribution in [0.5, 0.6) is 0 Å². The van der Waals surface area contributed by atoms with E-state index in [4.69, 9.17) is 4.74 Å². The van der Waals surface area contributed by atoms with Gasteiger partial charge in [0.2, 0.25) is 0 Å². The Bertz CT molecular complexity index is 748. The zero-order valence-electron chi connectivity index (χ0n) is 16.2. The van der Waals surface area contributed by atoms with Crippen molar-refractivity contribution in [3.05, 3.63) is 65.5 Å². The van der Waals surface area contributed by atoms with Gasteiger partial charge in [-0.15, -0.1) is 24.0 Å². The van der Waals surface area contributed by atoms with Gasteiger partial charge in [-0.1, -0.05) is 30.3 Å². The molecule has 2 aromatic carbocycles. The Hall–Kier alpha value is -1.87. The fraction of sp³-hybridized carbons (Fsp3) is 0.381. The molecule has 0 amide bonds. The van der Waals surface area contributed by atoms with Crippen LogP contribution in [0.2, 0.25) is 0 Å². The molecule has 5 nitrogen and oxygen atoms in total. The molecule has 2 aromatic rings. The molecule has 3 rings (SSSR count). The highest BCUT2D eigenvalue weighted by molar-refractivity contribution is 14.0. The topological polar surface area (TPSA) is 48.9 Å². The van der Waals surface area contributed by atoms with E-state index in [-0.39, 0.29) is 29.8 Å². The molecule has 1 saturated heterocycles. The second-order valence-electron chi connectivity index (χ2n) is 6.40. The minimum atomic E-state index is -0.229. The quantitative estimate of drug-likeness (QED) is 0.364. The SMILES string of the molecule is CCNC(=NCc1ccc(F)cc1)NCc1ccccc1N1CCOCC1.I. The van der Waals surface area contributed by atoms with Crippen LogP contribution in [0.25, 0.3) is 0 Å². The van der Waals surface area contributed by atoms with Gasteiger partial charge in [-0.2, -0.15) is 0 Å².